The van der Waals surface area contributed by atoms with Gasteiger partial charge in [0.2, 0.25) is 22.4 Å². The highest BCUT2D eigenvalue weighted by Gasteiger charge is 2.55. The lowest BCUT2D eigenvalue weighted by Crippen LogP contribution is -2.52. The quantitative estimate of drug-likeness (QED) is 0.586. The number of alkyl halides is 3. The monoisotopic (exact) mass is 480 g/mol. The molecule has 0 bridgehead atoms. The van der Waals surface area contributed by atoms with Gasteiger partial charge >= 0.3 is 6.18 Å². The molecule has 1 heterocycles. The highest BCUT2D eigenvalue weighted by Crippen LogP contribution is 2.34. The zero-order chi connectivity index (χ0) is 23.0. The first kappa shape index (κ1) is 23.1. The largest absolute Gasteiger partial charge is 0.454 e. The number of aliphatic hydroxyl groups is 1. The van der Waals surface area contributed by atoms with Gasteiger partial charge in [-0.05, 0) is 42.8 Å². The van der Waals surface area contributed by atoms with E-state index >= 15 is 0 Å². The molecular weight excluding hydrogens is 465 g/mol. The summed E-state index contributed by atoms with van der Waals surface area (Å²) >= 11 is 5.92. The smallest absolute Gasteiger partial charge is 0.426 e. The maximum Gasteiger partial charge on any atom is 0.426 e. The summed E-state index contributed by atoms with van der Waals surface area (Å²) in [6.45, 7) is 0.281. The fraction of sp³-hybridized carbons (Fsp3) is 0.278. The van der Waals surface area contributed by atoms with E-state index in [1.807, 2.05) is 5.32 Å². The number of halogens is 4. The molecule has 3 N–H and O–H groups in total. The van der Waals surface area contributed by atoms with E-state index in [-0.39, 0.29) is 35.9 Å². The third-order valence-electron chi connectivity index (χ3n) is 4.40. The molecule has 1 unspecified atom stereocenters. The molecule has 0 radical (unpaired) electrons. The molecule has 0 spiro atoms. The molecule has 1 amide bonds. The van der Waals surface area contributed by atoms with Crippen LogP contribution < -0.4 is 19.5 Å². The molecule has 2 aromatic rings. The minimum absolute atomic E-state index is 0.0737. The number of hydrogen-bond donors (Lipinski definition) is 3. The van der Waals surface area contributed by atoms with Gasteiger partial charge in [0.1, 0.15) is 0 Å². The summed E-state index contributed by atoms with van der Waals surface area (Å²) in [6, 6.07) is 7.92. The molecule has 0 fully saturated rings. The number of carbonyl (C=O) groups excluding carboxylic acids is 1. The second kappa shape index (κ2) is 8.19. The van der Waals surface area contributed by atoms with Crippen molar-refractivity contribution in [3.05, 3.63) is 47.0 Å². The maximum atomic E-state index is 12.8. The van der Waals surface area contributed by atoms with E-state index in [1.54, 1.807) is 18.2 Å². The normalized spacial score (nSPS) is 15.4. The molecule has 1 atom stereocenters. The maximum absolute atomic E-state index is 12.8. The van der Waals surface area contributed by atoms with Crippen LogP contribution in [0.2, 0.25) is 5.02 Å². The summed E-state index contributed by atoms with van der Waals surface area (Å²) in [5, 5.41) is 10.9. The zero-order valence-corrected chi connectivity index (χ0v) is 17.4. The molecule has 3 rings (SSSR count). The van der Waals surface area contributed by atoms with Gasteiger partial charge in [-0.15, -0.1) is 0 Å². The molecule has 8 nitrogen and oxygen atoms in total. The van der Waals surface area contributed by atoms with Crippen LogP contribution in [0.3, 0.4) is 0 Å². The van der Waals surface area contributed by atoms with Crippen molar-refractivity contribution >= 4 is 33.2 Å². The highest BCUT2D eigenvalue weighted by atomic mass is 35.5. The minimum Gasteiger partial charge on any atom is -0.454 e. The van der Waals surface area contributed by atoms with Gasteiger partial charge in [0, 0.05) is 6.54 Å². The highest BCUT2D eigenvalue weighted by molar-refractivity contribution is 7.89. The Labute approximate surface area is 180 Å². The molecule has 1 aliphatic rings. The van der Waals surface area contributed by atoms with Gasteiger partial charge in [-0.3, -0.25) is 4.79 Å². The van der Waals surface area contributed by atoms with Crippen molar-refractivity contribution in [2.24, 2.45) is 0 Å². The number of sulfonamides is 1. The molecular formula is C18H16ClF3N2O6S. The van der Waals surface area contributed by atoms with Crippen LogP contribution in [0.5, 0.6) is 11.5 Å². The minimum atomic E-state index is -5.22. The molecule has 168 valence electrons. The van der Waals surface area contributed by atoms with E-state index in [0.29, 0.717) is 17.1 Å². The summed E-state index contributed by atoms with van der Waals surface area (Å²) in [7, 11) is -4.04. The first-order valence-corrected chi connectivity index (χ1v) is 10.5. The predicted molar refractivity (Wildman–Crippen MR) is 103 cm³/mol. The third-order valence-corrected chi connectivity index (χ3v) is 6.11. The van der Waals surface area contributed by atoms with E-state index in [2.05, 4.69) is 4.72 Å². The molecule has 0 saturated carbocycles. The van der Waals surface area contributed by atoms with Gasteiger partial charge in [0.05, 0.1) is 15.6 Å². The van der Waals surface area contributed by atoms with E-state index in [1.165, 1.54) is 0 Å². The lowest BCUT2D eigenvalue weighted by molar-refractivity contribution is -0.242. The first-order valence-electron chi connectivity index (χ1n) is 8.59. The molecule has 13 heteroatoms. The van der Waals surface area contributed by atoms with Crippen molar-refractivity contribution < 1.29 is 41.0 Å². The Morgan fingerprint density at radius 2 is 1.84 bits per heavy atom. The Morgan fingerprint density at radius 3 is 2.48 bits per heavy atom. The Kier molecular flexibility index (Phi) is 6.11. The van der Waals surface area contributed by atoms with Gasteiger partial charge in [-0.1, -0.05) is 17.7 Å². The van der Waals surface area contributed by atoms with Gasteiger partial charge in [0.15, 0.2) is 11.5 Å². The average molecular weight is 481 g/mol. The summed E-state index contributed by atoms with van der Waals surface area (Å²) in [5.74, 6) is -0.742. The van der Waals surface area contributed by atoms with Crippen LogP contribution in [0.1, 0.15) is 12.5 Å². The second-order valence-corrected chi connectivity index (χ2v) is 8.85. The summed E-state index contributed by atoms with van der Waals surface area (Å²) < 4.78 is 76.1. The number of benzene rings is 2. The van der Waals surface area contributed by atoms with Gasteiger partial charge in [-0.2, -0.15) is 13.2 Å². The van der Waals surface area contributed by atoms with E-state index in [4.69, 9.17) is 21.1 Å². The number of nitrogens with one attached hydrogen (secondary N) is 2. The molecule has 2 aromatic carbocycles. The summed E-state index contributed by atoms with van der Waals surface area (Å²) in [5.41, 5.74) is -3.36. The van der Waals surface area contributed by atoms with Crippen molar-refractivity contribution in [2.75, 3.05) is 12.1 Å². The van der Waals surface area contributed by atoms with Crippen LogP contribution in [0.25, 0.3) is 0 Å². The standard InChI is InChI=1S/C18H16ClF3N2O6S/c1-17(26,18(20,21)22)16(25)24-13-4-3-11(7-12(13)19)31(27,28)23-8-10-2-5-14-15(6-10)30-9-29-14/h2-7,23,26H,8-9H2,1H3,(H,24,25). The summed E-state index contributed by atoms with van der Waals surface area (Å²) in [6.07, 6.45) is -5.22. The Morgan fingerprint density at radius 1 is 1.16 bits per heavy atom. The number of amides is 1. The fourth-order valence-corrected chi connectivity index (χ4v) is 3.79. The van der Waals surface area contributed by atoms with Crippen LogP contribution in [-0.2, 0) is 21.4 Å². The van der Waals surface area contributed by atoms with Crippen LogP contribution in [0.15, 0.2) is 41.3 Å². The molecule has 0 aromatic heterocycles. The Hall–Kier alpha value is -2.54. The third kappa shape index (κ3) is 4.87. The second-order valence-electron chi connectivity index (χ2n) is 6.68. The predicted octanol–water partition coefficient (Wildman–Crippen LogP) is 2.80. The van der Waals surface area contributed by atoms with Gasteiger partial charge in [0.25, 0.3) is 5.91 Å². The van der Waals surface area contributed by atoms with Crippen molar-refractivity contribution in [3.63, 3.8) is 0 Å². The van der Waals surface area contributed by atoms with Crippen molar-refractivity contribution in [3.8, 4) is 11.5 Å². The number of carbonyl (C=O) groups is 1. The van der Waals surface area contributed by atoms with Crippen molar-refractivity contribution in [1.82, 2.24) is 4.72 Å². The Bertz CT molecular complexity index is 1120. The van der Waals surface area contributed by atoms with E-state index in [9.17, 15) is 31.5 Å². The van der Waals surface area contributed by atoms with Crippen LogP contribution in [0.4, 0.5) is 18.9 Å². The molecule has 1 aliphatic heterocycles. The number of rotatable bonds is 6. The number of ether oxygens (including phenoxy) is 2. The van der Waals surface area contributed by atoms with Gasteiger partial charge in [-0.25, -0.2) is 13.1 Å². The SMILES string of the molecule is CC(O)(C(=O)Nc1ccc(S(=O)(=O)NCc2ccc3c(c2)OCO3)cc1Cl)C(F)(F)F. The van der Waals surface area contributed by atoms with Crippen LogP contribution >= 0.6 is 11.6 Å². The van der Waals surface area contributed by atoms with Crippen LogP contribution in [0, 0.1) is 0 Å². The van der Waals surface area contributed by atoms with Crippen molar-refractivity contribution in [2.45, 2.75) is 30.1 Å². The fourth-order valence-electron chi connectivity index (χ4n) is 2.45. The molecule has 31 heavy (non-hydrogen) atoms. The number of anilines is 1. The Balaban J connectivity index is 1.71. The number of fused-ring (bicyclic) bond motifs is 1. The molecule has 0 aliphatic carbocycles. The molecule has 0 saturated heterocycles. The zero-order valence-electron chi connectivity index (χ0n) is 15.8. The number of hydrogen-bond acceptors (Lipinski definition) is 6. The summed E-state index contributed by atoms with van der Waals surface area (Å²) in [4.78, 5) is 11.5. The first-order chi connectivity index (χ1) is 14.3. The lowest BCUT2D eigenvalue weighted by atomic mass is 10.1. The van der Waals surface area contributed by atoms with E-state index < -0.39 is 27.7 Å². The average Bonchev–Trinajstić information content (AvgIpc) is 3.14. The van der Waals surface area contributed by atoms with E-state index in [0.717, 1.165) is 18.2 Å². The lowest BCUT2D eigenvalue weighted by Gasteiger charge is -2.25. The topological polar surface area (TPSA) is 114 Å². The van der Waals surface area contributed by atoms with Gasteiger partial charge < -0.3 is 19.9 Å². The van der Waals surface area contributed by atoms with Crippen molar-refractivity contribution in [1.29, 1.82) is 0 Å². The van der Waals surface area contributed by atoms with Crippen LogP contribution in [-0.4, -0.2) is 38.0 Å².